The normalized spacial score (nSPS) is 10.4. The second-order valence-corrected chi connectivity index (χ2v) is 4.71. The fraction of sp³-hybridized carbons (Fsp3) is 0. The number of pyridine rings is 1. The maximum absolute atomic E-state index is 11.7. The molecule has 2 aromatic heterocycles. The summed E-state index contributed by atoms with van der Waals surface area (Å²) < 4.78 is 0. The zero-order chi connectivity index (χ0) is 15.5. The molecule has 3 rings (SSSR count). The number of H-pyrrole nitrogens is 1. The lowest BCUT2D eigenvalue weighted by atomic mass is 10.1. The largest absolute Gasteiger partial charge is 0.366 e. The van der Waals surface area contributed by atoms with Crippen LogP contribution >= 0.6 is 0 Å². The molecule has 0 saturated carbocycles. The van der Waals surface area contributed by atoms with Crippen LogP contribution in [0.2, 0.25) is 0 Å². The van der Waals surface area contributed by atoms with Crippen molar-refractivity contribution in [1.29, 1.82) is 0 Å². The summed E-state index contributed by atoms with van der Waals surface area (Å²) in [6, 6.07) is 12.0. The molecule has 0 bridgehead atoms. The highest BCUT2D eigenvalue weighted by molar-refractivity contribution is 6.00. The third kappa shape index (κ3) is 2.49. The number of hydrogen-bond acceptors (Lipinski definition) is 4. The predicted octanol–water partition coefficient (Wildman–Crippen LogP) is 3.24. The van der Waals surface area contributed by atoms with Crippen molar-refractivity contribution < 1.29 is 4.79 Å². The van der Waals surface area contributed by atoms with Crippen molar-refractivity contribution in [2.24, 2.45) is 10.9 Å². The van der Waals surface area contributed by atoms with Crippen LogP contribution in [0.15, 0.2) is 60.0 Å². The second-order valence-electron chi connectivity index (χ2n) is 4.71. The molecule has 0 aliphatic carbocycles. The highest BCUT2D eigenvalue weighted by Gasteiger charge is 2.15. The molecule has 0 fully saturated rings. The fourth-order valence-electron chi connectivity index (χ4n) is 2.28. The summed E-state index contributed by atoms with van der Waals surface area (Å²) in [6.45, 7) is 0. The smallest absolute Gasteiger partial charge is 0.250 e. The van der Waals surface area contributed by atoms with Crippen LogP contribution < -0.4 is 5.73 Å². The van der Waals surface area contributed by atoms with Gasteiger partial charge in [0.15, 0.2) is 0 Å². The summed E-state index contributed by atoms with van der Waals surface area (Å²) in [7, 11) is 0. The van der Waals surface area contributed by atoms with Gasteiger partial charge in [-0.1, -0.05) is 12.1 Å². The van der Waals surface area contributed by atoms with Crippen molar-refractivity contribution in [3.8, 4) is 22.5 Å². The molecule has 0 unspecified atom stereocenters. The van der Waals surface area contributed by atoms with Crippen LogP contribution in [0.4, 0.5) is 5.69 Å². The number of benzene rings is 1. The molecule has 1 amide bonds. The molecule has 1 aromatic carbocycles. The van der Waals surface area contributed by atoms with Gasteiger partial charge in [0.2, 0.25) is 0 Å². The van der Waals surface area contributed by atoms with Crippen molar-refractivity contribution >= 4 is 11.6 Å². The molecular formula is C16H12N4O2. The highest BCUT2D eigenvalue weighted by Crippen LogP contribution is 2.30. The quantitative estimate of drug-likeness (QED) is 0.721. The summed E-state index contributed by atoms with van der Waals surface area (Å²) in [5.41, 5.74) is 8.96. The number of nitrogens with zero attached hydrogens (tertiary/aromatic N) is 2. The minimum Gasteiger partial charge on any atom is -0.366 e. The zero-order valence-corrected chi connectivity index (χ0v) is 11.5. The molecule has 0 aliphatic heterocycles. The van der Waals surface area contributed by atoms with Gasteiger partial charge in [-0.05, 0) is 35.5 Å². The molecule has 6 heteroatoms. The lowest BCUT2D eigenvalue weighted by Gasteiger charge is -2.02. The fourth-order valence-corrected chi connectivity index (χ4v) is 2.28. The number of carbonyl (C=O) groups excluding carboxylic acids is 1. The molecule has 0 spiro atoms. The van der Waals surface area contributed by atoms with E-state index in [-0.39, 0.29) is 5.69 Å². The van der Waals surface area contributed by atoms with Gasteiger partial charge in [0.25, 0.3) is 5.91 Å². The van der Waals surface area contributed by atoms with E-state index in [4.69, 9.17) is 5.73 Å². The van der Waals surface area contributed by atoms with E-state index < -0.39 is 5.91 Å². The van der Waals surface area contributed by atoms with Gasteiger partial charge in [-0.25, -0.2) is 0 Å². The number of amides is 1. The summed E-state index contributed by atoms with van der Waals surface area (Å²) >= 11 is 0. The van der Waals surface area contributed by atoms with Crippen LogP contribution in [-0.2, 0) is 0 Å². The van der Waals surface area contributed by atoms with Crippen LogP contribution in [-0.4, -0.2) is 15.9 Å². The summed E-state index contributed by atoms with van der Waals surface area (Å²) in [5, 5.41) is 2.91. The van der Waals surface area contributed by atoms with E-state index in [9.17, 15) is 9.70 Å². The Morgan fingerprint density at radius 2 is 1.86 bits per heavy atom. The lowest BCUT2D eigenvalue weighted by molar-refractivity contribution is 0.100. The van der Waals surface area contributed by atoms with E-state index >= 15 is 0 Å². The Balaban J connectivity index is 2.16. The molecule has 22 heavy (non-hydrogen) atoms. The van der Waals surface area contributed by atoms with Gasteiger partial charge >= 0.3 is 0 Å². The number of nitrogens with one attached hydrogen (secondary N) is 1. The number of nitroso groups, excluding NO2 is 1. The van der Waals surface area contributed by atoms with Crippen molar-refractivity contribution in [3.63, 3.8) is 0 Å². The van der Waals surface area contributed by atoms with Crippen LogP contribution in [0.1, 0.15) is 10.4 Å². The van der Waals surface area contributed by atoms with Gasteiger partial charge in [-0.3, -0.25) is 9.78 Å². The molecule has 0 aliphatic rings. The third-order valence-corrected chi connectivity index (χ3v) is 3.31. The molecule has 3 aromatic rings. The number of aromatic nitrogens is 2. The Morgan fingerprint density at radius 3 is 2.55 bits per heavy atom. The van der Waals surface area contributed by atoms with Crippen LogP contribution in [0, 0.1) is 4.91 Å². The predicted molar refractivity (Wildman–Crippen MR) is 83.4 cm³/mol. The van der Waals surface area contributed by atoms with Crippen molar-refractivity contribution in [3.05, 3.63) is 65.3 Å². The first-order chi connectivity index (χ1) is 10.7. The van der Waals surface area contributed by atoms with E-state index in [2.05, 4.69) is 15.1 Å². The highest BCUT2D eigenvalue weighted by atomic mass is 16.3. The van der Waals surface area contributed by atoms with Crippen LogP contribution in [0.3, 0.4) is 0 Å². The number of nitrogens with two attached hydrogens (primary N) is 1. The number of aromatic amines is 1. The van der Waals surface area contributed by atoms with Crippen LogP contribution in [0.25, 0.3) is 22.5 Å². The Hall–Kier alpha value is -3.28. The van der Waals surface area contributed by atoms with E-state index in [1.165, 1.54) is 0 Å². The van der Waals surface area contributed by atoms with Gasteiger partial charge in [0.1, 0.15) is 5.69 Å². The molecule has 2 heterocycles. The molecule has 3 N–H and O–H groups in total. The monoisotopic (exact) mass is 292 g/mol. The van der Waals surface area contributed by atoms with Gasteiger partial charge in [0.05, 0.1) is 11.3 Å². The zero-order valence-electron chi connectivity index (χ0n) is 11.5. The standard InChI is InChI=1S/C16H12N4O2/c17-16(21)13-9-14(10-4-6-18-7-5-10)19-15(13)11-2-1-3-12(8-11)20-22/h1-9,19H,(H2,17,21). The first kappa shape index (κ1) is 13.7. The second kappa shape index (κ2) is 5.61. The minimum atomic E-state index is -0.545. The Bertz CT molecular complexity index is 840. The molecule has 0 saturated heterocycles. The topological polar surface area (TPSA) is 101 Å². The van der Waals surface area contributed by atoms with Crippen molar-refractivity contribution in [1.82, 2.24) is 9.97 Å². The van der Waals surface area contributed by atoms with E-state index in [1.54, 1.807) is 42.7 Å². The SMILES string of the molecule is NC(=O)c1cc(-c2ccncc2)[nH]c1-c1cccc(N=O)c1. The number of rotatable bonds is 4. The number of hydrogen-bond donors (Lipinski definition) is 2. The maximum atomic E-state index is 11.7. The maximum Gasteiger partial charge on any atom is 0.250 e. The van der Waals surface area contributed by atoms with E-state index in [0.717, 1.165) is 11.3 Å². The molecule has 0 atom stereocenters. The molecule has 108 valence electrons. The van der Waals surface area contributed by atoms with Gasteiger partial charge < -0.3 is 10.7 Å². The summed E-state index contributed by atoms with van der Waals surface area (Å²) in [6.07, 6.45) is 3.33. The summed E-state index contributed by atoms with van der Waals surface area (Å²) in [5.74, 6) is -0.545. The Morgan fingerprint density at radius 1 is 1.09 bits per heavy atom. The van der Waals surface area contributed by atoms with Crippen molar-refractivity contribution in [2.45, 2.75) is 0 Å². The summed E-state index contributed by atoms with van der Waals surface area (Å²) in [4.78, 5) is 29.5. The Kier molecular flexibility index (Phi) is 3.49. The average Bonchev–Trinajstić information content (AvgIpc) is 3.01. The third-order valence-electron chi connectivity index (χ3n) is 3.31. The van der Waals surface area contributed by atoms with Gasteiger partial charge in [-0.2, -0.15) is 0 Å². The first-order valence-electron chi connectivity index (χ1n) is 6.56. The van der Waals surface area contributed by atoms with E-state index in [0.29, 0.717) is 16.8 Å². The lowest BCUT2D eigenvalue weighted by Crippen LogP contribution is -2.11. The van der Waals surface area contributed by atoms with Gasteiger partial charge in [0, 0.05) is 29.2 Å². The molecular weight excluding hydrogens is 280 g/mol. The number of primary amides is 1. The minimum absolute atomic E-state index is 0.285. The molecule has 6 nitrogen and oxygen atoms in total. The van der Waals surface area contributed by atoms with Crippen molar-refractivity contribution in [2.75, 3.05) is 0 Å². The first-order valence-corrected chi connectivity index (χ1v) is 6.56. The Labute approximate surface area is 126 Å². The van der Waals surface area contributed by atoms with E-state index in [1.807, 2.05) is 12.1 Å². The van der Waals surface area contributed by atoms with Crippen LogP contribution in [0.5, 0.6) is 0 Å². The van der Waals surface area contributed by atoms with Gasteiger partial charge in [-0.15, -0.1) is 4.91 Å². The number of carbonyl (C=O) groups is 1. The average molecular weight is 292 g/mol. The molecule has 0 radical (unpaired) electrons.